The van der Waals surface area contributed by atoms with Gasteiger partial charge in [-0.05, 0) is 36.5 Å². The zero-order valence-electron chi connectivity index (χ0n) is 10.4. The van der Waals surface area contributed by atoms with Crippen molar-refractivity contribution in [1.29, 1.82) is 0 Å². The lowest BCUT2D eigenvalue weighted by molar-refractivity contribution is 0.185. The van der Waals surface area contributed by atoms with Gasteiger partial charge in [0, 0.05) is 32.5 Å². The lowest BCUT2D eigenvalue weighted by atomic mass is 9.97. The highest BCUT2D eigenvalue weighted by molar-refractivity contribution is 5.47. The molecule has 0 atom stereocenters. The summed E-state index contributed by atoms with van der Waals surface area (Å²) in [6.07, 6.45) is 2.19. The standard InChI is InChI=1S/C14H21NO2/c1-17-11-13-2-4-14(5-3-13)15-8-6-12(10-16)7-9-15/h2-5,12,16H,6-11H2,1H3. The molecule has 2 rings (SSSR count). The second-order valence-electron chi connectivity index (χ2n) is 4.71. The molecule has 17 heavy (non-hydrogen) atoms. The smallest absolute Gasteiger partial charge is 0.0713 e. The van der Waals surface area contributed by atoms with Crippen molar-refractivity contribution in [3.8, 4) is 0 Å². The molecule has 1 aliphatic rings. The van der Waals surface area contributed by atoms with E-state index in [1.807, 2.05) is 0 Å². The maximum Gasteiger partial charge on any atom is 0.0713 e. The number of piperidine rings is 1. The summed E-state index contributed by atoms with van der Waals surface area (Å²) in [6, 6.07) is 8.56. The van der Waals surface area contributed by atoms with Gasteiger partial charge in [-0.3, -0.25) is 0 Å². The molecular weight excluding hydrogens is 214 g/mol. The third kappa shape index (κ3) is 3.20. The molecule has 0 unspecified atom stereocenters. The van der Waals surface area contributed by atoms with Gasteiger partial charge in [-0.25, -0.2) is 0 Å². The van der Waals surface area contributed by atoms with E-state index in [1.54, 1.807) is 7.11 Å². The monoisotopic (exact) mass is 235 g/mol. The Balaban J connectivity index is 1.94. The number of nitrogens with zero attached hydrogens (tertiary/aromatic N) is 1. The normalized spacial score (nSPS) is 17.4. The summed E-state index contributed by atoms with van der Waals surface area (Å²) in [7, 11) is 1.72. The molecule has 0 amide bonds. The van der Waals surface area contributed by atoms with Crippen LogP contribution in [0.2, 0.25) is 0 Å². The zero-order valence-corrected chi connectivity index (χ0v) is 10.4. The minimum absolute atomic E-state index is 0.334. The number of hydrogen-bond acceptors (Lipinski definition) is 3. The molecule has 0 bridgehead atoms. The Morgan fingerprint density at radius 1 is 1.24 bits per heavy atom. The molecule has 3 nitrogen and oxygen atoms in total. The number of aliphatic hydroxyl groups is 1. The maximum absolute atomic E-state index is 9.11. The fraction of sp³-hybridized carbons (Fsp3) is 0.571. The Morgan fingerprint density at radius 2 is 1.88 bits per heavy atom. The number of benzene rings is 1. The van der Waals surface area contributed by atoms with Gasteiger partial charge in [-0.2, -0.15) is 0 Å². The molecule has 1 aromatic rings. The van der Waals surface area contributed by atoms with E-state index in [0.717, 1.165) is 25.9 Å². The van der Waals surface area contributed by atoms with Crippen LogP contribution in [0.1, 0.15) is 18.4 Å². The molecule has 3 heteroatoms. The summed E-state index contributed by atoms with van der Waals surface area (Å²) in [5.41, 5.74) is 2.49. The van der Waals surface area contributed by atoms with Gasteiger partial charge in [0.1, 0.15) is 0 Å². The average molecular weight is 235 g/mol. The molecule has 1 aromatic carbocycles. The first-order valence-corrected chi connectivity index (χ1v) is 6.27. The Kier molecular flexibility index (Phi) is 4.40. The first kappa shape index (κ1) is 12.4. The summed E-state index contributed by atoms with van der Waals surface area (Å²) in [4.78, 5) is 2.39. The highest BCUT2D eigenvalue weighted by atomic mass is 16.5. The fourth-order valence-electron chi connectivity index (χ4n) is 2.34. The summed E-state index contributed by atoms with van der Waals surface area (Å²) < 4.78 is 5.10. The third-order valence-corrected chi connectivity index (χ3v) is 3.49. The molecule has 0 aromatic heterocycles. The average Bonchev–Trinajstić information content (AvgIpc) is 2.40. The SMILES string of the molecule is COCc1ccc(N2CCC(CO)CC2)cc1. The van der Waals surface area contributed by atoms with Crippen LogP contribution >= 0.6 is 0 Å². The zero-order chi connectivity index (χ0) is 12.1. The van der Waals surface area contributed by atoms with Gasteiger partial charge in [0.15, 0.2) is 0 Å². The second kappa shape index (κ2) is 6.03. The van der Waals surface area contributed by atoms with Crippen LogP contribution < -0.4 is 4.90 Å². The Hall–Kier alpha value is -1.06. The molecule has 94 valence electrons. The Morgan fingerprint density at radius 3 is 2.41 bits per heavy atom. The predicted octanol–water partition coefficient (Wildman–Crippen LogP) is 2.04. The maximum atomic E-state index is 9.11. The highest BCUT2D eigenvalue weighted by Crippen LogP contribution is 2.23. The molecule has 1 heterocycles. The van der Waals surface area contributed by atoms with E-state index >= 15 is 0 Å². The van der Waals surface area contributed by atoms with Crippen LogP contribution in [0.5, 0.6) is 0 Å². The van der Waals surface area contributed by atoms with Crippen molar-refractivity contribution >= 4 is 5.69 Å². The van der Waals surface area contributed by atoms with Crippen molar-refractivity contribution < 1.29 is 9.84 Å². The first-order valence-electron chi connectivity index (χ1n) is 6.27. The Bertz CT molecular complexity index is 329. The summed E-state index contributed by atoms with van der Waals surface area (Å²) >= 11 is 0. The van der Waals surface area contributed by atoms with Gasteiger partial charge in [-0.1, -0.05) is 12.1 Å². The molecule has 0 saturated carbocycles. The van der Waals surface area contributed by atoms with E-state index in [2.05, 4.69) is 29.2 Å². The van der Waals surface area contributed by atoms with E-state index in [9.17, 15) is 0 Å². The van der Waals surface area contributed by atoms with E-state index < -0.39 is 0 Å². The number of anilines is 1. The van der Waals surface area contributed by atoms with Crippen molar-refractivity contribution in [2.75, 3.05) is 31.7 Å². The van der Waals surface area contributed by atoms with Gasteiger partial charge in [0.05, 0.1) is 6.61 Å². The molecule has 0 radical (unpaired) electrons. The lowest BCUT2D eigenvalue weighted by Gasteiger charge is -2.32. The Labute approximate surface area is 103 Å². The highest BCUT2D eigenvalue weighted by Gasteiger charge is 2.18. The molecule has 0 aliphatic carbocycles. The van der Waals surface area contributed by atoms with Gasteiger partial charge in [0.25, 0.3) is 0 Å². The molecule has 0 spiro atoms. The lowest BCUT2D eigenvalue weighted by Crippen LogP contribution is -2.34. The second-order valence-corrected chi connectivity index (χ2v) is 4.71. The molecule has 1 N–H and O–H groups in total. The molecule has 1 saturated heterocycles. The number of hydrogen-bond donors (Lipinski definition) is 1. The minimum Gasteiger partial charge on any atom is -0.396 e. The number of aliphatic hydroxyl groups excluding tert-OH is 1. The fourth-order valence-corrected chi connectivity index (χ4v) is 2.34. The van der Waals surface area contributed by atoms with E-state index in [4.69, 9.17) is 9.84 Å². The quantitative estimate of drug-likeness (QED) is 0.867. The largest absolute Gasteiger partial charge is 0.396 e. The van der Waals surface area contributed by atoms with Crippen LogP contribution in [0.25, 0.3) is 0 Å². The van der Waals surface area contributed by atoms with Gasteiger partial charge < -0.3 is 14.7 Å². The third-order valence-electron chi connectivity index (χ3n) is 3.49. The van der Waals surface area contributed by atoms with Crippen molar-refractivity contribution in [2.24, 2.45) is 5.92 Å². The summed E-state index contributed by atoms with van der Waals surface area (Å²) in [6.45, 7) is 3.11. The van der Waals surface area contributed by atoms with Crippen LogP contribution in [-0.4, -0.2) is 31.9 Å². The number of ether oxygens (including phenoxy) is 1. The van der Waals surface area contributed by atoms with Gasteiger partial charge in [-0.15, -0.1) is 0 Å². The molecule has 1 aliphatic heterocycles. The van der Waals surface area contributed by atoms with E-state index in [0.29, 0.717) is 19.1 Å². The van der Waals surface area contributed by atoms with Crippen molar-refractivity contribution in [1.82, 2.24) is 0 Å². The van der Waals surface area contributed by atoms with Crippen LogP contribution in [0.3, 0.4) is 0 Å². The van der Waals surface area contributed by atoms with Crippen molar-refractivity contribution in [2.45, 2.75) is 19.4 Å². The summed E-state index contributed by atoms with van der Waals surface area (Å²) in [5.74, 6) is 0.499. The molecular formula is C14H21NO2. The van der Waals surface area contributed by atoms with E-state index in [-0.39, 0.29) is 0 Å². The summed E-state index contributed by atoms with van der Waals surface area (Å²) in [5, 5.41) is 9.11. The van der Waals surface area contributed by atoms with Crippen molar-refractivity contribution in [3.05, 3.63) is 29.8 Å². The van der Waals surface area contributed by atoms with Crippen LogP contribution in [-0.2, 0) is 11.3 Å². The van der Waals surface area contributed by atoms with Crippen LogP contribution in [0, 0.1) is 5.92 Å². The van der Waals surface area contributed by atoms with Crippen molar-refractivity contribution in [3.63, 3.8) is 0 Å². The predicted molar refractivity (Wildman–Crippen MR) is 69.2 cm³/mol. The number of rotatable bonds is 4. The van der Waals surface area contributed by atoms with Gasteiger partial charge >= 0.3 is 0 Å². The topological polar surface area (TPSA) is 32.7 Å². The minimum atomic E-state index is 0.334. The van der Waals surface area contributed by atoms with E-state index in [1.165, 1.54) is 11.3 Å². The van der Waals surface area contributed by atoms with Crippen LogP contribution in [0.4, 0.5) is 5.69 Å². The molecule has 1 fully saturated rings. The first-order chi connectivity index (χ1) is 8.33. The van der Waals surface area contributed by atoms with Gasteiger partial charge in [0.2, 0.25) is 0 Å². The number of methoxy groups -OCH3 is 1. The van der Waals surface area contributed by atoms with Crippen LogP contribution in [0.15, 0.2) is 24.3 Å².